The molecule has 1 heterocycles. The zero-order valence-electron chi connectivity index (χ0n) is 14.4. The Labute approximate surface area is 130 Å². The normalized spacial score (nSPS) is 25.6. The predicted molar refractivity (Wildman–Crippen MR) is 91.7 cm³/mol. The molecule has 0 aliphatic carbocycles. The van der Waals surface area contributed by atoms with Crippen molar-refractivity contribution in [3.63, 3.8) is 0 Å². The molecule has 118 valence electrons. The average Bonchev–Trinajstić information content (AvgIpc) is 2.64. The van der Waals surface area contributed by atoms with E-state index in [0.717, 1.165) is 19.0 Å². The lowest BCUT2D eigenvalue weighted by atomic mass is 9.97. The van der Waals surface area contributed by atoms with Crippen molar-refractivity contribution >= 4 is 0 Å². The molecule has 2 heteroatoms. The van der Waals surface area contributed by atoms with Gasteiger partial charge in [0.1, 0.15) is 0 Å². The Kier molecular flexibility index (Phi) is 5.83. The summed E-state index contributed by atoms with van der Waals surface area (Å²) in [5.74, 6) is 0.746. The van der Waals surface area contributed by atoms with Crippen molar-refractivity contribution < 1.29 is 0 Å². The topological polar surface area (TPSA) is 15.3 Å². The Hall–Kier alpha value is -0.860. The van der Waals surface area contributed by atoms with Crippen LogP contribution in [0.2, 0.25) is 0 Å². The van der Waals surface area contributed by atoms with Gasteiger partial charge in [-0.25, -0.2) is 0 Å². The number of rotatable bonds is 4. The molecule has 1 aromatic rings. The summed E-state index contributed by atoms with van der Waals surface area (Å²) in [7, 11) is 0. The van der Waals surface area contributed by atoms with Crippen LogP contribution in [-0.4, -0.2) is 30.1 Å². The van der Waals surface area contributed by atoms with Crippen LogP contribution in [0.5, 0.6) is 0 Å². The molecule has 1 aliphatic rings. The molecule has 1 aromatic carbocycles. The summed E-state index contributed by atoms with van der Waals surface area (Å²) in [5.41, 5.74) is 4.38. The van der Waals surface area contributed by atoms with Crippen molar-refractivity contribution in [3.05, 3.63) is 34.9 Å². The van der Waals surface area contributed by atoms with Crippen LogP contribution in [0.3, 0.4) is 0 Å². The maximum absolute atomic E-state index is 3.77. The van der Waals surface area contributed by atoms with E-state index in [-0.39, 0.29) is 0 Å². The highest BCUT2D eigenvalue weighted by Crippen LogP contribution is 2.21. The van der Waals surface area contributed by atoms with E-state index < -0.39 is 0 Å². The van der Waals surface area contributed by atoms with Crippen LogP contribution in [0.1, 0.15) is 50.3 Å². The van der Waals surface area contributed by atoms with Crippen LogP contribution in [0.25, 0.3) is 0 Å². The number of nitrogens with one attached hydrogen (secondary N) is 1. The third-order valence-electron chi connectivity index (χ3n) is 5.36. The van der Waals surface area contributed by atoms with Crippen molar-refractivity contribution in [1.29, 1.82) is 0 Å². The van der Waals surface area contributed by atoms with Crippen LogP contribution in [0.15, 0.2) is 18.2 Å². The van der Waals surface area contributed by atoms with E-state index in [1.54, 1.807) is 0 Å². The minimum atomic E-state index is 0.629. The first-order valence-electron chi connectivity index (χ1n) is 8.55. The molecule has 1 aliphatic heterocycles. The van der Waals surface area contributed by atoms with Crippen molar-refractivity contribution in [2.75, 3.05) is 13.1 Å². The molecular formula is C19H32N2. The van der Waals surface area contributed by atoms with E-state index >= 15 is 0 Å². The molecule has 1 fully saturated rings. The van der Waals surface area contributed by atoms with E-state index in [2.05, 4.69) is 63.0 Å². The Balaban J connectivity index is 2.15. The molecule has 1 N–H and O–H groups in total. The fraction of sp³-hybridized carbons (Fsp3) is 0.684. The van der Waals surface area contributed by atoms with E-state index in [0.29, 0.717) is 12.1 Å². The fourth-order valence-corrected chi connectivity index (χ4v) is 3.34. The molecule has 2 nitrogen and oxygen atoms in total. The SMILES string of the molecule is CCC(C)C1CN(Cc2c(C)cccc2C)C(C)CCN1. The minimum Gasteiger partial charge on any atom is -0.312 e. The first-order valence-corrected chi connectivity index (χ1v) is 8.55. The molecule has 0 saturated carbocycles. The van der Waals surface area contributed by atoms with E-state index in [1.807, 2.05) is 0 Å². The minimum absolute atomic E-state index is 0.629. The average molecular weight is 288 g/mol. The zero-order valence-corrected chi connectivity index (χ0v) is 14.4. The van der Waals surface area contributed by atoms with Gasteiger partial charge in [-0.1, -0.05) is 38.5 Å². The Morgan fingerprint density at radius 3 is 2.57 bits per heavy atom. The maximum atomic E-state index is 3.77. The molecule has 0 aromatic heterocycles. The first-order chi connectivity index (χ1) is 10.0. The van der Waals surface area contributed by atoms with Crippen LogP contribution in [0, 0.1) is 19.8 Å². The van der Waals surface area contributed by atoms with Crippen molar-refractivity contribution in [2.45, 2.75) is 66.1 Å². The van der Waals surface area contributed by atoms with Crippen LogP contribution in [-0.2, 0) is 6.54 Å². The van der Waals surface area contributed by atoms with Gasteiger partial charge in [-0.05, 0) is 56.3 Å². The lowest BCUT2D eigenvalue weighted by Gasteiger charge is -2.32. The maximum Gasteiger partial charge on any atom is 0.0242 e. The van der Waals surface area contributed by atoms with Gasteiger partial charge in [-0.3, -0.25) is 4.90 Å². The van der Waals surface area contributed by atoms with Crippen LogP contribution < -0.4 is 5.32 Å². The van der Waals surface area contributed by atoms with Gasteiger partial charge in [0.25, 0.3) is 0 Å². The van der Waals surface area contributed by atoms with Gasteiger partial charge < -0.3 is 5.32 Å². The second-order valence-electron chi connectivity index (χ2n) is 6.88. The number of hydrogen-bond acceptors (Lipinski definition) is 2. The van der Waals surface area contributed by atoms with Gasteiger partial charge in [0.15, 0.2) is 0 Å². The Bertz CT molecular complexity index is 435. The Morgan fingerprint density at radius 1 is 1.29 bits per heavy atom. The van der Waals surface area contributed by atoms with Crippen molar-refractivity contribution in [2.24, 2.45) is 5.92 Å². The summed E-state index contributed by atoms with van der Waals surface area (Å²) in [6, 6.07) is 7.95. The molecule has 0 radical (unpaired) electrons. The molecule has 21 heavy (non-hydrogen) atoms. The van der Waals surface area contributed by atoms with Gasteiger partial charge in [0.2, 0.25) is 0 Å². The highest BCUT2D eigenvalue weighted by Gasteiger charge is 2.26. The van der Waals surface area contributed by atoms with Gasteiger partial charge >= 0.3 is 0 Å². The molecule has 0 bridgehead atoms. The lowest BCUT2D eigenvalue weighted by Crippen LogP contribution is -2.43. The quantitative estimate of drug-likeness (QED) is 0.904. The van der Waals surface area contributed by atoms with Gasteiger partial charge in [0.05, 0.1) is 0 Å². The number of hydrogen-bond donors (Lipinski definition) is 1. The number of benzene rings is 1. The van der Waals surface area contributed by atoms with E-state index in [1.165, 1.54) is 36.1 Å². The second kappa shape index (κ2) is 7.42. The fourth-order valence-electron chi connectivity index (χ4n) is 3.34. The van der Waals surface area contributed by atoms with Crippen LogP contribution in [0.4, 0.5) is 0 Å². The predicted octanol–water partition coefficient (Wildman–Crippen LogP) is 3.90. The molecule has 0 amide bonds. The van der Waals surface area contributed by atoms with Gasteiger partial charge in [-0.2, -0.15) is 0 Å². The zero-order chi connectivity index (χ0) is 15.4. The van der Waals surface area contributed by atoms with E-state index in [4.69, 9.17) is 0 Å². The summed E-state index contributed by atoms with van der Waals surface area (Å²) >= 11 is 0. The molecule has 1 saturated heterocycles. The van der Waals surface area contributed by atoms with Crippen molar-refractivity contribution in [3.8, 4) is 0 Å². The molecule has 3 atom stereocenters. The largest absolute Gasteiger partial charge is 0.312 e. The van der Waals surface area contributed by atoms with Gasteiger partial charge in [0, 0.05) is 25.2 Å². The van der Waals surface area contributed by atoms with E-state index in [9.17, 15) is 0 Å². The summed E-state index contributed by atoms with van der Waals surface area (Å²) in [6.07, 6.45) is 2.50. The molecule has 3 unspecified atom stereocenters. The molecule has 2 rings (SSSR count). The number of nitrogens with zero attached hydrogens (tertiary/aromatic N) is 1. The third-order valence-corrected chi connectivity index (χ3v) is 5.36. The van der Waals surface area contributed by atoms with Crippen LogP contribution >= 0.6 is 0 Å². The smallest absolute Gasteiger partial charge is 0.0242 e. The first kappa shape index (κ1) is 16.5. The summed E-state index contributed by atoms with van der Waals surface area (Å²) in [5, 5.41) is 3.77. The lowest BCUT2D eigenvalue weighted by molar-refractivity contribution is 0.179. The highest BCUT2D eigenvalue weighted by molar-refractivity contribution is 5.33. The second-order valence-corrected chi connectivity index (χ2v) is 6.88. The molecule has 0 spiro atoms. The summed E-state index contributed by atoms with van der Waals surface area (Å²) in [6.45, 7) is 15.0. The highest BCUT2D eigenvalue weighted by atomic mass is 15.2. The summed E-state index contributed by atoms with van der Waals surface area (Å²) in [4.78, 5) is 2.69. The molecular weight excluding hydrogens is 256 g/mol. The van der Waals surface area contributed by atoms with Gasteiger partial charge in [-0.15, -0.1) is 0 Å². The Morgan fingerprint density at radius 2 is 1.95 bits per heavy atom. The summed E-state index contributed by atoms with van der Waals surface area (Å²) < 4.78 is 0. The monoisotopic (exact) mass is 288 g/mol. The standard InChI is InChI=1S/C19H32N2/c1-6-14(2)19-13-21(17(5)10-11-20-19)12-18-15(3)8-7-9-16(18)4/h7-9,14,17,19-20H,6,10-13H2,1-5H3. The number of aryl methyl sites for hydroxylation is 2. The third kappa shape index (κ3) is 4.08. The van der Waals surface area contributed by atoms with Crippen molar-refractivity contribution in [1.82, 2.24) is 10.2 Å².